The molecule has 0 radical (unpaired) electrons. The predicted octanol–water partition coefficient (Wildman–Crippen LogP) is 5.06. The van der Waals surface area contributed by atoms with Crippen molar-refractivity contribution in [2.24, 2.45) is 0 Å². The van der Waals surface area contributed by atoms with Crippen LogP contribution in [0.25, 0.3) is 0 Å². The van der Waals surface area contributed by atoms with Gasteiger partial charge in [0.2, 0.25) is 0 Å². The van der Waals surface area contributed by atoms with E-state index in [1.165, 1.54) is 12.1 Å². The van der Waals surface area contributed by atoms with E-state index in [0.29, 0.717) is 0 Å². The Labute approximate surface area is 111 Å². The molecule has 2 aromatic rings. The SMILES string of the molecule is Fc1cccc(C(Cl)c2ccc(Br)cc2)c1F. The molecule has 0 spiro atoms. The summed E-state index contributed by atoms with van der Waals surface area (Å²) < 4.78 is 27.5. The van der Waals surface area contributed by atoms with Crippen molar-refractivity contribution in [3.05, 3.63) is 69.7 Å². The summed E-state index contributed by atoms with van der Waals surface area (Å²) in [6.45, 7) is 0. The van der Waals surface area contributed by atoms with Crippen LogP contribution in [0.4, 0.5) is 8.78 Å². The molecule has 2 rings (SSSR count). The van der Waals surface area contributed by atoms with Crippen LogP contribution in [0.2, 0.25) is 0 Å². The Bertz CT molecular complexity index is 525. The van der Waals surface area contributed by atoms with E-state index in [0.717, 1.165) is 16.1 Å². The zero-order chi connectivity index (χ0) is 12.4. The summed E-state index contributed by atoms with van der Waals surface area (Å²) in [4.78, 5) is 0. The molecule has 2 aromatic carbocycles. The fourth-order valence-corrected chi connectivity index (χ4v) is 2.11. The standard InChI is InChI=1S/C13H8BrClF2/c14-9-6-4-8(5-7-9)12(15)10-2-1-3-11(16)13(10)17/h1-7,12H. The Morgan fingerprint density at radius 3 is 2.29 bits per heavy atom. The Kier molecular flexibility index (Phi) is 3.79. The molecule has 0 amide bonds. The Hall–Kier alpha value is -0.930. The molecule has 1 unspecified atom stereocenters. The molecular formula is C13H8BrClF2. The van der Waals surface area contributed by atoms with E-state index in [2.05, 4.69) is 15.9 Å². The lowest BCUT2D eigenvalue weighted by Gasteiger charge is -2.11. The summed E-state index contributed by atoms with van der Waals surface area (Å²) in [7, 11) is 0. The van der Waals surface area contributed by atoms with Crippen LogP contribution in [-0.4, -0.2) is 0 Å². The molecule has 0 N–H and O–H groups in total. The fourth-order valence-electron chi connectivity index (χ4n) is 1.53. The van der Waals surface area contributed by atoms with E-state index in [4.69, 9.17) is 11.6 Å². The first-order chi connectivity index (χ1) is 8.09. The van der Waals surface area contributed by atoms with Gasteiger partial charge in [0, 0.05) is 10.0 Å². The van der Waals surface area contributed by atoms with Crippen molar-refractivity contribution in [2.75, 3.05) is 0 Å². The van der Waals surface area contributed by atoms with Crippen LogP contribution in [0.1, 0.15) is 16.5 Å². The highest BCUT2D eigenvalue weighted by Crippen LogP contribution is 2.31. The first-order valence-corrected chi connectivity index (χ1v) is 6.16. The molecule has 0 aromatic heterocycles. The molecule has 88 valence electrons. The minimum atomic E-state index is -0.893. The van der Waals surface area contributed by atoms with E-state index in [1.807, 2.05) is 12.1 Å². The van der Waals surface area contributed by atoms with Gasteiger partial charge in [0.25, 0.3) is 0 Å². The molecule has 0 bridgehead atoms. The van der Waals surface area contributed by atoms with Crippen molar-refractivity contribution in [3.8, 4) is 0 Å². The topological polar surface area (TPSA) is 0 Å². The molecule has 4 heteroatoms. The van der Waals surface area contributed by atoms with E-state index in [-0.39, 0.29) is 5.56 Å². The minimum Gasteiger partial charge on any atom is -0.204 e. The molecule has 0 aliphatic heterocycles. The number of rotatable bonds is 2. The first kappa shape index (κ1) is 12.5. The van der Waals surface area contributed by atoms with Gasteiger partial charge < -0.3 is 0 Å². The van der Waals surface area contributed by atoms with Crippen molar-refractivity contribution >= 4 is 27.5 Å². The molecule has 0 saturated carbocycles. The largest absolute Gasteiger partial charge is 0.204 e. The number of halogens is 4. The molecule has 1 atom stereocenters. The maximum Gasteiger partial charge on any atom is 0.163 e. The predicted molar refractivity (Wildman–Crippen MR) is 68.2 cm³/mol. The third-order valence-electron chi connectivity index (χ3n) is 2.42. The second-order valence-electron chi connectivity index (χ2n) is 3.56. The molecule has 0 aliphatic rings. The van der Waals surface area contributed by atoms with Crippen LogP contribution in [0.15, 0.2) is 46.9 Å². The van der Waals surface area contributed by atoms with Gasteiger partial charge in [0.15, 0.2) is 11.6 Å². The van der Waals surface area contributed by atoms with Gasteiger partial charge in [0.05, 0.1) is 5.38 Å². The lowest BCUT2D eigenvalue weighted by atomic mass is 10.0. The number of hydrogen-bond donors (Lipinski definition) is 0. The van der Waals surface area contributed by atoms with E-state index in [9.17, 15) is 8.78 Å². The zero-order valence-corrected chi connectivity index (χ0v) is 11.0. The third kappa shape index (κ3) is 2.67. The molecular weight excluding hydrogens is 309 g/mol. The van der Waals surface area contributed by atoms with Crippen molar-refractivity contribution in [1.82, 2.24) is 0 Å². The Morgan fingerprint density at radius 2 is 1.65 bits per heavy atom. The smallest absolute Gasteiger partial charge is 0.163 e. The normalized spacial score (nSPS) is 12.5. The number of alkyl halides is 1. The van der Waals surface area contributed by atoms with Gasteiger partial charge in [-0.15, -0.1) is 11.6 Å². The van der Waals surface area contributed by atoms with Crippen LogP contribution in [-0.2, 0) is 0 Å². The molecule has 0 saturated heterocycles. The molecule has 0 fully saturated rings. The van der Waals surface area contributed by atoms with Gasteiger partial charge in [-0.2, -0.15) is 0 Å². The summed E-state index contributed by atoms with van der Waals surface area (Å²) in [5.41, 5.74) is 0.869. The highest BCUT2D eigenvalue weighted by Gasteiger charge is 2.17. The number of benzene rings is 2. The Morgan fingerprint density at radius 1 is 1.00 bits per heavy atom. The van der Waals surface area contributed by atoms with E-state index in [1.54, 1.807) is 12.1 Å². The van der Waals surface area contributed by atoms with Gasteiger partial charge in [0.1, 0.15) is 0 Å². The average molecular weight is 318 g/mol. The summed E-state index contributed by atoms with van der Waals surface area (Å²) >= 11 is 9.44. The molecule has 0 aliphatic carbocycles. The highest BCUT2D eigenvalue weighted by atomic mass is 79.9. The van der Waals surface area contributed by atoms with Gasteiger partial charge in [-0.05, 0) is 23.8 Å². The summed E-state index contributed by atoms with van der Waals surface area (Å²) in [6, 6.07) is 11.2. The maximum atomic E-state index is 13.5. The van der Waals surface area contributed by atoms with Gasteiger partial charge in [-0.1, -0.05) is 40.2 Å². The van der Waals surface area contributed by atoms with Crippen LogP contribution in [0, 0.1) is 11.6 Å². The first-order valence-electron chi connectivity index (χ1n) is 4.93. The van der Waals surface area contributed by atoms with E-state index < -0.39 is 17.0 Å². The zero-order valence-electron chi connectivity index (χ0n) is 8.63. The lowest BCUT2D eigenvalue weighted by molar-refractivity contribution is 0.500. The van der Waals surface area contributed by atoms with Gasteiger partial charge in [-0.3, -0.25) is 0 Å². The summed E-state index contributed by atoms with van der Waals surface area (Å²) in [5, 5.41) is -0.696. The minimum absolute atomic E-state index is 0.147. The van der Waals surface area contributed by atoms with Crippen molar-refractivity contribution in [2.45, 2.75) is 5.38 Å². The fraction of sp³-hybridized carbons (Fsp3) is 0.0769. The van der Waals surface area contributed by atoms with Crippen LogP contribution in [0.3, 0.4) is 0 Å². The Balaban J connectivity index is 2.40. The van der Waals surface area contributed by atoms with Crippen LogP contribution in [0.5, 0.6) is 0 Å². The summed E-state index contributed by atoms with van der Waals surface area (Å²) in [5.74, 6) is -1.78. The second kappa shape index (κ2) is 5.15. The molecule has 17 heavy (non-hydrogen) atoms. The quantitative estimate of drug-likeness (QED) is 0.680. The lowest BCUT2D eigenvalue weighted by Crippen LogP contribution is -1.99. The van der Waals surface area contributed by atoms with Crippen LogP contribution < -0.4 is 0 Å². The summed E-state index contributed by atoms with van der Waals surface area (Å²) in [6.07, 6.45) is 0. The van der Waals surface area contributed by atoms with Gasteiger partial charge in [-0.25, -0.2) is 8.78 Å². The molecule has 0 nitrogen and oxygen atoms in total. The van der Waals surface area contributed by atoms with Crippen LogP contribution >= 0.6 is 27.5 Å². The maximum absolute atomic E-state index is 13.5. The monoisotopic (exact) mass is 316 g/mol. The van der Waals surface area contributed by atoms with Crippen molar-refractivity contribution in [1.29, 1.82) is 0 Å². The second-order valence-corrected chi connectivity index (χ2v) is 4.91. The highest BCUT2D eigenvalue weighted by molar-refractivity contribution is 9.10. The average Bonchev–Trinajstić information content (AvgIpc) is 2.33. The molecule has 0 heterocycles. The number of hydrogen-bond acceptors (Lipinski definition) is 0. The van der Waals surface area contributed by atoms with Crippen molar-refractivity contribution in [3.63, 3.8) is 0 Å². The van der Waals surface area contributed by atoms with E-state index >= 15 is 0 Å². The third-order valence-corrected chi connectivity index (χ3v) is 3.43. The van der Waals surface area contributed by atoms with Crippen molar-refractivity contribution < 1.29 is 8.78 Å². The van der Waals surface area contributed by atoms with Gasteiger partial charge >= 0.3 is 0 Å².